The van der Waals surface area contributed by atoms with E-state index in [0.717, 1.165) is 11.8 Å². The first-order chi connectivity index (χ1) is 6.69. The second-order valence-electron chi connectivity index (χ2n) is 4.65. The number of hydrogen-bond acceptors (Lipinski definition) is 2. The standard InChI is InChI=1S/C11H20O2Si/c1-12-14(3,13-2)11-8-9-4-6-10(11)7-5-9/h4,6,9-11H,5,7-8H2,1-3H3. The molecule has 0 saturated heterocycles. The zero-order valence-corrected chi connectivity index (χ0v) is 10.3. The van der Waals surface area contributed by atoms with Crippen molar-refractivity contribution in [3.63, 3.8) is 0 Å². The van der Waals surface area contributed by atoms with Crippen molar-refractivity contribution in [2.75, 3.05) is 14.2 Å². The van der Waals surface area contributed by atoms with Gasteiger partial charge in [0.15, 0.2) is 0 Å². The average Bonchev–Trinajstić information content (AvgIpc) is 2.29. The van der Waals surface area contributed by atoms with Crippen LogP contribution in [0.4, 0.5) is 0 Å². The Morgan fingerprint density at radius 2 is 1.86 bits per heavy atom. The smallest absolute Gasteiger partial charge is 0.338 e. The van der Waals surface area contributed by atoms with E-state index >= 15 is 0 Å². The minimum atomic E-state index is -1.90. The molecule has 2 bridgehead atoms. The SMILES string of the molecule is CO[Si](C)(OC)C1CC2C=CC1CC2. The Hall–Kier alpha value is -0.123. The van der Waals surface area contributed by atoms with E-state index in [0.29, 0.717) is 5.54 Å². The zero-order valence-electron chi connectivity index (χ0n) is 9.32. The molecule has 0 aromatic rings. The lowest BCUT2D eigenvalue weighted by Crippen LogP contribution is -2.47. The van der Waals surface area contributed by atoms with Gasteiger partial charge in [0.05, 0.1) is 0 Å². The van der Waals surface area contributed by atoms with E-state index < -0.39 is 8.56 Å². The second kappa shape index (κ2) is 3.80. The maximum atomic E-state index is 5.66. The van der Waals surface area contributed by atoms with Crippen molar-refractivity contribution in [2.45, 2.75) is 31.4 Å². The molecule has 3 aliphatic carbocycles. The molecule has 0 aromatic carbocycles. The molecule has 3 atom stereocenters. The summed E-state index contributed by atoms with van der Waals surface area (Å²) in [7, 11) is 1.71. The highest BCUT2D eigenvalue weighted by Gasteiger charge is 2.47. The van der Waals surface area contributed by atoms with Crippen LogP contribution >= 0.6 is 0 Å². The third kappa shape index (κ3) is 1.57. The van der Waals surface area contributed by atoms with Gasteiger partial charge >= 0.3 is 8.56 Å². The molecule has 80 valence electrons. The van der Waals surface area contributed by atoms with Gasteiger partial charge < -0.3 is 8.85 Å². The highest BCUT2D eigenvalue weighted by Crippen LogP contribution is 2.48. The summed E-state index contributed by atoms with van der Waals surface area (Å²) in [5.74, 6) is 1.51. The van der Waals surface area contributed by atoms with Crippen LogP contribution in [0.5, 0.6) is 0 Å². The van der Waals surface area contributed by atoms with Crippen LogP contribution in [0.1, 0.15) is 19.3 Å². The van der Waals surface area contributed by atoms with Gasteiger partial charge in [-0.05, 0) is 37.6 Å². The number of allylic oxidation sites excluding steroid dienone is 2. The van der Waals surface area contributed by atoms with Crippen LogP contribution in [0.2, 0.25) is 12.1 Å². The molecular formula is C11H20O2Si. The molecule has 14 heavy (non-hydrogen) atoms. The maximum absolute atomic E-state index is 5.66. The molecular weight excluding hydrogens is 192 g/mol. The largest absolute Gasteiger partial charge is 0.398 e. The van der Waals surface area contributed by atoms with Crippen LogP contribution in [0.15, 0.2) is 12.2 Å². The van der Waals surface area contributed by atoms with Gasteiger partial charge in [-0.15, -0.1) is 0 Å². The lowest BCUT2D eigenvalue weighted by atomic mass is 9.76. The second-order valence-corrected chi connectivity index (χ2v) is 8.24. The zero-order chi connectivity index (χ0) is 10.2. The Kier molecular flexibility index (Phi) is 2.82. The molecule has 3 heteroatoms. The van der Waals surface area contributed by atoms with E-state index in [2.05, 4.69) is 18.7 Å². The summed E-state index contributed by atoms with van der Waals surface area (Å²) in [6.07, 6.45) is 8.78. The summed E-state index contributed by atoms with van der Waals surface area (Å²) in [6.45, 7) is 2.20. The number of fused-ring (bicyclic) bond motifs is 2. The van der Waals surface area contributed by atoms with Crippen LogP contribution in [0.25, 0.3) is 0 Å². The summed E-state index contributed by atoms with van der Waals surface area (Å²) < 4.78 is 11.3. The molecule has 1 saturated carbocycles. The lowest BCUT2D eigenvalue weighted by molar-refractivity contribution is 0.197. The van der Waals surface area contributed by atoms with Crippen molar-refractivity contribution in [1.29, 1.82) is 0 Å². The van der Waals surface area contributed by atoms with Gasteiger partial charge in [-0.25, -0.2) is 0 Å². The highest BCUT2D eigenvalue weighted by atomic mass is 28.4. The van der Waals surface area contributed by atoms with Crippen molar-refractivity contribution < 1.29 is 8.85 Å². The van der Waals surface area contributed by atoms with Crippen molar-refractivity contribution >= 4 is 8.56 Å². The van der Waals surface area contributed by atoms with Gasteiger partial charge in [0.1, 0.15) is 0 Å². The first-order valence-corrected chi connectivity index (χ1v) is 7.87. The van der Waals surface area contributed by atoms with Gasteiger partial charge in [-0.2, -0.15) is 0 Å². The Bertz CT molecular complexity index is 235. The minimum absolute atomic E-state index is 0.668. The van der Waals surface area contributed by atoms with Crippen LogP contribution in [0.3, 0.4) is 0 Å². The molecule has 1 fully saturated rings. The highest BCUT2D eigenvalue weighted by molar-refractivity contribution is 6.67. The number of rotatable bonds is 3. The summed E-state index contributed by atoms with van der Waals surface area (Å²) in [5, 5.41) is 0. The predicted molar refractivity (Wildman–Crippen MR) is 59.4 cm³/mol. The fourth-order valence-electron chi connectivity index (χ4n) is 2.92. The quantitative estimate of drug-likeness (QED) is 0.529. The average molecular weight is 212 g/mol. The van der Waals surface area contributed by atoms with E-state index in [4.69, 9.17) is 8.85 Å². The summed E-state index contributed by atoms with van der Waals surface area (Å²) >= 11 is 0. The molecule has 0 radical (unpaired) electrons. The van der Waals surface area contributed by atoms with E-state index in [1.54, 1.807) is 0 Å². The number of hydrogen-bond donors (Lipinski definition) is 0. The topological polar surface area (TPSA) is 18.5 Å². The molecule has 0 aliphatic heterocycles. The predicted octanol–water partition coefficient (Wildman–Crippen LogP) is 2.71. The monoisotopic (exact) mass is 212 g/mol. The van der Waals surface area contributed by atoms with Gasteiger partial charge in [0, 0.05) is 19.8 Å². The third-order valence-corrected chi connectivity index (χ3v) is 7.69. The Balaban J connectivity index is 2.16. The Morgan fingerprint density at radius 3 is 2.21 bits per heavy atom. The minimum Gasteiger partial charge on any atom is -0.398 e. The molecule has 0 N–H and O–H groups in total. The third-order valence-electron chi connectivity index (χ3n) is 4.06. The van der Waals surface area contributed by atoms with E-state index in [1.807, 2.05) is 14.2 Å². The summed E-state index contributed by atoms with van der Waals surface area (Å²) in [5.41, 5.74) is 0.668. The molecule has 0 aromatic heterocycles. The van der Waals surface area contributed by atoms with Gasteiger partial charge in [-0.3, -0.25) is 0 Å². The van der Waals surface area contributed by atoms with Crippen molar-refractivity contribution in [3.8, 4) is 0 Å². The van der Waals surface area contributed by atoms with Gasteiger partial charge in [0.25, 0.3) is 0 Å². The van der Waals surface area contributed by atoms with E-state index in [-0.39, 0.29) is 0 Å². The fourth-order valence-corrected chi connectivity index (χ4v) is 5.48. The maximum Gasteiger partial charge on any atom is 0.338 e. The summed E-state index contributed by atoms with van der Waals surface area (Å²) in [4.78, 5) is 0. The molecule has 0 amide bonds. The molecule has 3 rings (SSSR count). The van der Waals surface area contributed by atoms with Crippen molar-refractivity contribution in [3.05, 3.63) is 12.2 Å². The first-order valence-electron chi connectivity index (χ1n) is 5.48. The van der Waals surface area contributed by atoms with Crippen LogP contribution in [-0.4, -0.2) is 22.8 Å². The lowest BCUT2D eigenvalue weighted by Gasteiger charge is -2.44. The molecule has 0 spiro atoms. The van der Waals surface area contributed by atoms with Gasteiger partial charge in [0.2, 0.25) is 0 Å². The van der Waals surface area contributed by atoms with E-state index in [9.17, 15) is 0 Å². The van der Waals surface area contributed by atoms with Gasteiger partial charge in [-0.1, -0.05) is 12.2 Å². The van der Waals surface area contributed by atoms with Crippen molar-refractivity contribution in [2.24, 2.45) is 11.8 Å². The van der Waals surface area contributed by atoms with Crippen LogP contribution in [-0.2, 0) is 8.85 Å². The molecule has 2 nitrogen and oxygen atoms in total. The summed E-state index contributed by atoms with van der Waals surface area (Å²) in [6, 6.07) is 0. The molecule has 3 unspecified atom stereocenters. The first kappa shape index (κ1) is 10.4. The van der Waals surface area contributed by atoms with Crippen LogP contribution < -0.4 is 0 Å². The van der Waals surface area contributed by atoms with Crippen molar-refractivity contribution in [1.82, 2.24) is 0 Å². The molecule has 0 heterocycles. The Morgan fingerprint density at radius 1 is 1.14 bits per heavy atom. The normalized spacial score (nSPS) is 36.4. The van der Waals surface area contributed by atoms with E-state index in [1.165, 1.54) is 19.3 Å². The van der Waals surface area contributed by atoms with Crippen LogP contribution in [0, 0.1) is 11.8 Å². The fraction of sp³-hybridized carbons (Fsp3) is 0.818. The molecule has 3 aliphatic rings. The Labute approximate surface area is 87.5 Å².